The van der Waals surface area contributed by atoms with Crippen molar-refractivity contribution in [3.05, 3.63) is 29.3 Å². The van der Waals surface area contributed by atoms with Crippen molar-refractivity contribution in [1.82, 2.24) is 0 Å². The van der Waals surface area contributed by atoms with E-state index in [2.05, 4.69) is 6.92 Å². The van der Waals surface area contributed by atoms with E-state index < -0.39 is 0 Å². The molecule has 0 radical (unpaired) electrons. The van der Waals surface area contributed by atoms with Gasteiger partial charge in [0, 0.05) is 11.5 Å². The molecule has 0 aromatic heterocycles. The predicted octanol–water partition coefficient (Wildman–Crippen LogP) is 0.0676. The molecule has 94 valence electrons. The van der Waals surface area contributed by atoms with E-state index in [9.17, 15) is 4.79 Å². The maximum absolute atomic E-state index is 12.1. The molecule has 0 bridgehead atoms. The fourth-order valence-electron chi connectivity index (χ4n) is 2.37. The molecule has 0 aliphatic heterocycles. The smallest absolute Gasteiger partial charge is 0.870 e. The minimum absolute atomic E-state index is 0. The third-order valence-electron chi connectivity index (χ3n) is 3.32. The minimum atomic E-state index is 0. The second kappa shape index (κ2) is 8.46. The fourth-order valence-corrected chi connectivity index (χ4v) is 2.37. The first-order valence-corrected chi connectivity index (χ1v) is 5.97. The number of unbranched alkanes of at least 4 members (excludes halogenated alkanes) is 1. The number of rotatable bonds is 4. The topological polar surface area (TPSA) is 56.3 Å². The van der Waals surface area contributed by atoms with Crippen LogP contribution >= 0.6 is 0 Å². The van der Waals surface area contributed by atoms with Crippen molar-refractivity contribution >= 4 is 5.78 Å². The third-order valence-corrected chi connectivity index (χ3v) is 3.32. The summed E-state index contributed by atoms with van der Waals surface area (Å²) in [5, 5.41) is 0. The molecular weight excluding hydrogens is 255 g/mol. The fraction of sp³-hybridized carbons (Fsp3) is 0.500. The van der Waals surface area contributed by atoms with Crippen LogP contribution in [0.5, 0.6) is 5.75 Å². The van der Waals surface area contributed by atoms with Crippen molar-refractivity contribution in [3.63, 3.8) is 0 Å². The Morgan fingerprint density at radius 1 is 1.39 bits per heavy atom. The summed E-state index contributed by atoms with van der Waals surface area (Å²) in [6.07, 6.45) is 4.21. The molecule has 0 spiro atoms. The molecule has 0 heterocycles. The number of hydrogen-bond donors (Lipinski definition) is 0. The van der Waals surface area contributed by atoms with Crippen LogP contribution in [0.2, 0.25) is 0 Å². The van der Waals surface area contributed by atoms with Crippen LogP contribution in [-0.4, -0.2) is 18.4 Å². The molecule has 1 atom stereocenters. The second-order valence-corrected chi connectivity index (χ2v) is 4.43. The van der Waals surface area contributed by atoms with Crippen LogP contribution in [0.3, 0.4) is 0 Å². The molecule has 1 unspecified atom stereocenters. The van der Waals surface area contributed by atoms with E-state index in [1.807, 2.05) is 18.2 Å². The Hall–Kier alpha value is 0.286. The summed E-state index contributed by atoms with van der Waals surface area (Å²) < 4.78 is 5.18. The van der Waals surface area contributed by atoms with Crippen LogP contribution in [0.25, 0.3) is 0 Å². The van der Waals surface area contributed by atoms with Gasteiger partial charge in [0.2, 0.25) is 0 Å². The molecule has 1 aliphatic carbocycles. The predicted molar refractivity (Wildman–Crippen MR) is 66.0 cm³/mol. The number of fused-ring (bicyclic) bond motifs is 1. The zero-order valence-corrected chi connectivity index (χ0v) is 14.5. The normalized spacial score (nSPS) is 16.6. The Morgan fingerprint density at radius 3 is 2.72 bits per heavy atom. The summed E-state index contributed by atoms with van der Waals surface area (Å²) in [6.45, 7) is 2.16. The first kappa shape index (κ1) is 18.3. The molecule has 1 aliphatic rings. The van der Waals surface area contributed by atoms with Gasteiger partial charge >= 0.3 is 51.4 Å². The van der Waals surface area contributed by atoms with Gasteiger partial charge in [0.05, 0.1) is 7.11 Å². The molecule has 3 nitrogen and oxygen atoms in total. The van der Waals surface area contributed by atoms with Gasteiger partial charge in [-0.1, -0.05) is 19.8 Å². The van der Waals surface area contributed by atoms with Crippen molar-refractivity contribution in [1.29, 1.82) is 0 Å². The van der Waals surface area contributed by atoms with Crippen molar-refractivity contribution in [3.8, 4) is 5.75 Å². The third kappa shape index (κ3) is 3.89. The number of carbonyl (C=O) groups is 1. The van der Waals surface area contributed by atoms with Crippen LogP contribution in [-0.2, 0) is 6.42 Å². The summed E-state index contributed by atoms with van der Waals surface area (Å²) in [5.41, 5.74) is 2.06. The molecule has 0 amide bonds. The average Bonchev–Trinajstić information content (AvgIpc) is 2.63. The van der Waals surface area contributed by atoms with Gasteiger partial charge in [-0.25, -0.2) is 0 Å². The number of carbonyl (C=O) groups excluding carboxylic acids is 1. The number of ether oxygens (including phenoxy) is 1. The van der Waals surface area contributed by atoms with E-state index in [-0.39, 0.29) is 62.8 Å². The van der Waals surface area contributed by atoms with E-state index in [0.717, 1.165) is 42.6 Å². The van der Waals surface area contributed by atoms with E-state index in [0.29, 0.717) is 5.78 Å². The zero-order valence-electron chi connectivity index (χ0n) is 11.4. The van der Waals surface area contributed by atoms with Gasteiger partial charge in [0.1, 0.15) is 5.75 Å². The van der Waals surface area contributed by atoms with Crippen LogP contribution in [0.15, 0.2) is 18.2 Å². The standard InChI is InChI=1S/C14H18O2.K.H2O/c1-3-4-5-10-8-11-9-12(16-2)6-7-13(11)14(10)15;;/h6-7,9-10H,3-5,8H2,1-2H3;;1H2/q;+1;/p-1. The molecule has 0 fully saturated rings. The summed E-state index contributed by atoms with van der Waals surface area (Å²) >= 11 is 0. The summed E-state index contributed by atoms with van der Waals surface area (Å²) in [5.74, 6) is 1.39. The van der Waals surface area contributed by atoms with Crippen LogP contribution in [0.1, 0.15) is 42.1 Å². The van der Waals surface area contributed by atoms with E-state index >= 15 is 0 Å². The summed E-state index contributed by atoms with van der Waals surface area (Å²) in [6, 6.07) is 5.78. The maximum atomic E-state index is 12.1. The SMILES string of the molecule is CCCCC1Cc2cc(OC)ccc2C1=O.[K+].[OH-]. The molecular formula is C14H19KO3. The average molecular weight is 274 g/mol. The Bertz CT molecular complexity index is 404. The van der Waals surface area contributed by atoms with Crippen molar-refractivity contribution in [2.24, 2.45) is 5.92 Å². The number of methoxy groups -OCH3 is 1. The number of ketones is 1. The van der Waals surface area contributed by atoms with Gasteiger partial charge in [-0.05, 0) is 36.6 Å². The molecule has 0 saturated carbocycles. The van der Waals surface area contributed by atoms with Crippen molar-refractivity contribution in [2.45, 2.75) is 32.6 Å². The van der Waals surface area contributed by atoms with Gasteiger partial charge in [0.15, 0.2) is 5.78 Å². The van der Waals surface area contributed by atoms with E-state index in [4.69, 9.17) is 4.74 Å². The Morgan fingerprint density at radius 2 is 2.11 bits per heavy atom. The van der Waals surface area contributed by atoms with Crippen LogP contribution in [0, 0.1) is 5.92 Å². The maximum Gasteiger partial charge on any atom is 1.00 e. The van der Waals surface area contributed by atoms with Crippen LogP contribution < -0.4 is 56.1 Å². The first-order valence-electron chi connectivity index (χ1n) is 5.97. The summed E-state index contributed by atoms with van der Waals surface area (Å²) in [7, 11) is 1.66. The number of benzene rings is 1. The minimum Gasteiger partial charge on any atom is -0.870 e. The molecule has 0 saturated heterocycles. The largest absolute Gasteiger partial charge is 1.00 e. The van der Waals surface area contributed by atoms with Gasteiger partial charge in [-0.15, -0.1) is 0 Å². The molecule has 18 heavy (non-hydrogen) atoms. The van der Waals surface area contributed by atoms with Gasteiger partial charge in [-0.2, -0.15) is 0 Å². The molecule has 1 aromatic rings. The van der Waals surface area contributed by atoms with Gasteiger partial charge in [-0.3, -0.25) is 4.79 Å². The Kier molecular flexibility index (Phi) is 8.59. The monoisotopic (exact) mass is 274 g/mol. The quantitative estimate of drug-likeness (QED) is 0.730. The van der Waals surface area contributed by atoms with Gasteiger partial charge < -0.3 is 10.2 Å². The second-order valence-electron chi connectivity index (χ2n) is 4.43. The zero-order chi connectivity index (χ0) is 11.5. The molecule has 4 heteroatoms. The first-order chi connectivity index (χ1) is 7.76. The van der Waals surface area contributed by atoms with Crippen molar-refractivity contribution in [2.75, 3.05) is 7.11 Å². The Labute approximate surface area is 151 Å². The van der Waals surface area contributed by atoms with Crippen molar-refractivity contribution < 1.29 is 66.4 Å². The molecule has 1 N–H and O–H groups in total. The Balaban J connectivity index is 0.00000144. The van der Waals surface area contributed by atoms with E-state index in [1.165, 1.54) is 0 Å². The molecule has 1 aromatic carbocycles. The number of Topliss-reactive ketones (excluding diaryl/α,β-unsaturated/α-hetero) is 1. The number of hydrogen-bond acceptors (Lipinski definition) is 3. The van der Waals surface area contributed by atoms with Crippen LogP contribution in [0.4, 0.5) is 0 Å². The van der Waals surface area contributed by atoms with E-state index in [1.54, 1.807) is 7.11 Å². The van der Waals surface area contributed by atoms with Gasteiger partial charge in [0.25, 0.3) is 0 Å². The molecule has 2 rings (SSSR count). The summed E-state index contributed by atoms with van der Waals surface area (Å²) in [4.78, 5) is 12.1.